The average molecular weight is 316 g/mol. The number of aryl methyl sites for hydroxylation is 1. The van der Waals surface area contributed by atoms with Gasteiger partial charge in [0.15, 0.2) is 0 Å². The summed E-state index contributed by atoms with van der Waals surface area (Å²) >= 11 is 0. The molecule has 0 aliphatic heterocycles. The van der Waals surface area contributed by atoms with Gasteiger partial charge in [0.05, 0.1) is 6.61 Å². The summed E-state index contributed by atoms with van der Waals surface area (Å²) in [4.78, 5) is 11.1. The van der Waals surface area contributed by atoms with Crippen molar-refractivity contribution in [3.63, 3.8) is 0 Å². The zero-order chi connectivity index (χ0) is 17.2. The molecule has 1 rings (SSSR count). The highest BCUT2D eigenvalue weighted by Crippen LogP contribution is 2.26. The van der Waals surface area contributed by atoms with Crippen LogP contribution >= 0.6 is 0 Å². The van der Waals surface area contributed by atoms with E-state index in [1.54, 1.807) is 0 Å². The minimum atomic E-state index is 0.596. The smallest absolute Gasteiger partial charge is 0.150 e. The van der Waals surface area contributed by atoms with Gasteiger partial charge in [-0.25, -0.2) is 0 Å². The van der Waals surface area contributed by atoms with Gasteiger partial charge in [0.1, 0.15) is 12.0 Å². The molecule has 0 aromatic heterocycles. The van der Waals surface area contributed by atoms with Gasteiger partial charge in [-0.1, -0.05) is 52.2 Å². The molecular weight excluding hydrogens is 284 g/mol. The normalized spacial score (nSPS) is 12.8. The van der Waals surface area contributed by atoms with E-state index >= 15 is 0 Å². The number of rotatable bonds is 10. The van der Waals surface area contributed by atoms with Crippen molar-refractivity contribution < 1.29 is 9.53 Å². The summed E-state index contributed by atoms with van der Waals surface area (Å²) in [5.74, 6) is 2.25. The molecule has 1 aromatic carbocycles. The number of allylic oxidation sites excluding steroid dienone is 1. The molecule has 0 aliphatic rings. The Kier molecular flexibility index (Phi) is 8.68. The molecule has 0 heterocycles. The number of aldehydes is 1. The lowest BCUT2D eigenvalue weighted by molar-refractivity contribution is 0.112. The summed E-state index contributed by atoms with van der Waals surface area (Å²) in [7, 11) is 0. The maximum atomic E-state index is 11.1. The van der Waals surface area contributed by atoms with Gasteiger partial charge in [0.2, 0.25) is 0 Å². The largest absolute Gasteiger partial charge is 0.493 e. The van der Waals surface area contributed by atoms with Crippen molar-refractivity contribution in [2.75, 3.05) is 6.61 Å². The van der Waals surface area contributed by atoms with Crippen LogP contribution in [0.25, 0.3) is 6.08 Å². The van der Waals surface area contributed by atoms with Crippen LogP contribution < -0.4 is 4.74 Å². The first-order valence-corrected chi connectivity index (χ1v) is 8.87. The predicted molar refractivity (Wildman–Crippen MR) is 99.2 cm³/mol. The van der Waals surface area contributed by atoms with Crippen molar-refractivity contribution in [3.05, 3.63) is 34.9 Å². The third-order valence-electron chi connectivity index (χ3n) is 4.32. The van der Waals surface area contributed by atoms with Crippen LogP contribution in [0.15, 0.2) is 18.2 Å². The molecule has 0 saturated heterocycles. The summed E-state index contributed by atoms with van der Waals surface area (Å²) in [6, 6.07) is 3.90. The van der Waals surface area contributed by atoms with Crippen molar-refractivity contribution in [1.82, 2.24) is 0 Å². The molecular formula is C21H32O2. The van der Waals surface area contributed by atoms with Crippen LogP contribution in [-0.4, -0.2) is 12.9 Å². The Bertz CT molecular complexity index is 515. The third-order valence-corrected chi connectivity index (χ3v) is 4.32. The van der Waals surface area contributed by atoms with E-state index in [9.17, 15) is 4.79 Å². The lowest BCUT2D eigenvalue weighted by Gasteiger charge is -2.18. The summed E-state index contributed by atoms with van der Waals surface area (Å²) in [6.45, 7) is 11.5. The molecule has 2 nitrogen and oxygen atoms in total. The molecule has 0 bridgehead atoms. The highest BCUT2D eigenvalue weighted by molar-refractivity contribution is 5.80. The van der Waals surface area contributed by atoms with Crippen molar-refractivity contribution in [2.24, 2.45) is 11.8 Å². The van der Waals surface area contributed by atoms with Crippen molar-refractivity contribution >= 4 is 12.4 Å². The lowest BCUT2D eigenvalue weighted by Crippen LogP contribution is -2.12. The number of carbonyl (C=O) groups is 1. The minimum Gasteiger partial charge on any atom is -0.493 e. The molecule has 0 radical (unpaired) electrons. The Balaban J connectivity index is 2.74. The van der Waals surface area contributed by atoms with E-state index < -0.39 is 0 Å². The first kappa shape index (κ1) is 19.5. The van der Waals surface area contributed by atoms with Gasteiger partial charge in [0, 0.05) is 11.1 Å². The zero-order valence-electron chi connectivity index (χ0n) is 15.4. The van der Waals surface area contributed by atoms with Crippen LogP contribution in [0.1, 0.15) is 74.9 Å². The summed E-state index contributed by atoms with van der Waals surface area (Å²) < 4.78 is 6.11. The van der Waals surface area contributed by atoms with Crippen molar-refractivity contribution in [3.8, 4) is 5.75 Å². The SMILES string of the molecule is CC=Cc1cc(C=O)c(C)cc1OCC(CC)CCCC(C)C. The minimum absolute atomic E-state index is 0.596. The number of hydrogen-bond acceptors (Lipinski definition) is 2. The standard InChI is InChI=1S/C21H32O2/c1-6-9-19-13-20(14-22)17(5)12-21(19)23-15-18(7-2)11-8-10-16(3)4/h6,9,12-14,16,18H,7-8,10-11,15H2,1-5H3. The van der Waals surface area contributed by atoms with Gasteiger partial charge in [-0.2, -0.15) is 0 Å². The molecule has 0 saturated carbocycles. The maximum absolute atomic E-state index is 11.1. The molecule has 0 N–H and O–H groups in total. The molecule has 128 valence electrons. The fourth-order valence-electron chi connectivity index (χ4n) is 2.71. The average Bonchev–Trinajstić information content (AvgIpc) is 2.52. The second kappa shape index (κ2) is 10.3. The molecule has 23 heavy (non-hydrogen) atoms. The monoisotopic (exact) mass is 316 g/mol. The van der Waals surface area contributed by atoms with Crippen LogP contribution in [0.5, 0.6) is 5.75 Å². The second-order valence-electron chi connectivity index (χ2n) is 6.77. The first-order valence-electron chi connectivity index (χ1n) is 8.87. The van der Waals surface area contributed by atoms with Crippen LogP contribution in [0.2, 0.25) is 0 Å². The maximum Gasteiger partial charge on any atom is 0.150 e. The highest BCUT2D eigenvalue weighted by atomic mass is 16.5. The summed E-state index contributed by atoms with van der Waals surface area (Å²) in [5, 5.41) is 0. The number of ether oxygens (including phenoxy) is 1. The van der Waals surface area contributed by atoms with E-state index in [0.717, 1.165) is 47.7 Å². The predicted octanol–water partition coefficient (Wildman–Crippen LogP) is 6.07. The molecule has 0 aliphatic carbocycles. The van der Waals surface area contributed by atoms with Crippen molar-refractivity contribution in [1.29, 1.82) is 0 Å². The Morgan fingerprint density at radius 2 is 1.91 bits per heavy atom. The molecule has 0 fully saturated rings. The van der Waals surface area contributed by atoms with E-state index in [4.69, 9.17) is 4.74 Å². The Morgan fingerprint density at radius 3 is 2.48 bits per heavy atom. The van der Waals surface area contributed by atoms with Gasteiger partial charge in [0.25, 0.3) is 0 Å². The highest BCUT2D eigenvalue weighted by Gasteiger charge is 2.11. The van der Waals surface area contributed by atoms with E-state index in [0.29, 0.717) is 5.92 Å². The fraction of sp³-hybridized carbons (Fsp3) is 0.571. The van der Waals surface area contributed by atoms with E-state index in [2.05, 4.69) is 20.8 Å². The Labute approximate surface area is 141 Å². The number of carbonyl (C=O) groups excluding carboxylic acids is 1. The fourth-order valence-corrected chi connectivity index (χ4v) is 2.71. The molecule has 1 unspecified atom stereocenters. The second-order valence-corrected chi connectivity index (χ2v) is 6.77. The third kappa shape index (κ3) is 6.60. The molecule has 0 amide bonds. The van der Waals surface area contributed by atoms with Crippen LogP contribution in [0, 0.1) is 18.8 Å². The zero-order valence-corrected chi connectivity index (χ0v) is 15.4. The van der Waals surface area contributed by atoms with Gasteiger partial charge in [-0.3, -0.25) is 4.79 Å². The van der Waals surface area contributed by atoms with E-state index in [1.165, 1.54) is 19.3 Å². The van der Waals surface area contributed by atoms with Gasteiger partial charge >= 0.3 is 0 Å². The van der Waals surface area contributed by atoms with Gasteiger partial charge < -0.3 is 4.74 Å². The molecule has 1 aromatic rings. The van der Waals surface area contributed by atoms with Crippen LogP contribution in [0.4, 0.5) is 0 Å². The van der Waals surface area contributed by atoms with Gasteiger partial charge in [-0.05, 0) is 49.8 Å². The van der Waals surface area contributed by atoms with E-state index in [1.807, 2.05) is 38.1 Å². The van der Waals surface area contributed by atoms with Crippen LogP contribution in [0.3, 0.4) is 0 Å². The Morgan fingerprint density at radius 1 is 1.17 bits per heavy atom. The molecule has 1 atom stereocenters. The number of hydrogen-bond donors (Lipinski definition) is 0. The quantitative estimate of drug-likeness (QED) is 0.489. The number of benzene rings is 1. The lowest BCUT2D eigenvalue weighted by atomic mass is 9.97. The van der Waals surface area contributed by atoms with Crippen LogP contribution in [-0.2, 0) is 0 Å². The first-order chi connectivity index (χ1) is 11.0. The van der Waals surface area contributed by atoms with E-state index in [-0.39, 0.29) is 0 Å². The topological polar surface area (TPSA) is 26.3 Å². The Hall–Kier alpha value is -1.57. The van der Waals surface area contributed by atoms with Crippen molar-refractivity contribution in [2.45, 2.75) is 60.3 Å². The summed E-state index contributed by atoms with van der Waals surface area (Å²) in [6.07, 6.45) is 9.81. The molecule has 0 spiro atoms. The summed E-state index contributed by atoms with van der Waals surface area (Å²) in [5.41, 5.74) is 2.68. The van der Waals surface area contributed by atoms with Gasteiger partial charge in [-0.15, -0.1) is 0 Å². The molecule has 2 heteroatoms.